The van der Waals surface area contributed by atoms with Gasteiger partial charge in [-0.25, -0.2) is 9.78 Å². The number of methoxy groups -OCH3 is 1. The Balaban J connectivity index is 2.13. The number of alkyl halides is 3. The van der Waals surface area contributed by atoms with E-state index in [1.54, 1.807) is 11.9 Å². The number of nitrogens with zero attached hydrogens (tertiary/aromatic N) is 2. The summed E-state index contributed by atoms with van der Waals surface area (Å²) in [6.07, 6.45) is 1.62. The number of carbonyl (C=O) groups excluding carboxylic acids is 1. The molecule has 0 atom stereocenters. The third-order valence-electron chi connectivity index (χ3n) is 4.13. The Morgan fingerprint density at radius 3 is 2.48 bits per heavy atom. The van der Waals surface area contributed by atoms with Crippen molar-refractivity contribution in [1.82, 2.24) is 4.98 Å². The van der Waals surface area contributed by atoms with Crippen molar-refractivity contribution in [3.05, 3.63) is 29.8 Å². The molecule has 0 radical (unpaired) electrons. The van der Waals surface area contributed by atoms with E-state index < -0.39 is 27.5 Å². The van der Waals surface area contributed by atoms with Crippen LogP contribution in [0.3, 0.4) is 0 Å². The van der Waals surface area contributed by atoms with E-state index >= 15 is 0 Å². The number of carbonyl (C=O) groups is 1. The molecule has 1 aromatic carbocycles. The number of pyridine rings is 1. The fourth-order valence-corrected chi connectivity index (χ4v) is 2.94. The molecule has 0 saturated heterocycles. The second kappa shape index (κ2) is 6.55. The van der Waals surface area contributed by atoms with Gasteiger partial charge in [-0.15, -0.1) is 0 Å². The normalized spacial score (nSPS) is 14.9. The smallest absolute Gasteiger partial charge is 0.465 e. The van der Waals surface area contributed by atoms with Crippen molar-refractivity contribution >= 4 is 32.7 Å². The van der Waals surface area contributed by atoms with Gasteiger partial charge in [0.25, 0.3) is 5.88 Å². The zero-order valence-corrected chi connectivity index (χ0v) is 15.1. The first-order valence-electron chi connectivity index (χ1n) is 7.80. The number of rotatable bonds is 5. The summed E-state index contributed by atoms with van der Waals surface area (Å²) < 4.78 is 69.9. The van der Waals surface area contributed by atoms with E-state index in [4.69, 9.17) is 0 Å². The second-order valence-electron chi connectivity index (χ2n) is 6.04. The van der Waals surface area contributed by atoms with E-state index in [1.165, 1.54) is 31.4 Å². The maximum Gasteiger partial charge on any atom is 0.534 e. The van der Waals surface area contributed by atoms with E-state index in [0.717, 1.165) is 12.8 Å². The number of esters is 1. The minimum atomic E-state index is -5.87. The predicted octanol–water partition coefficient (Wildman–Crippen LogP) is 2.85. The van der Waals surface area contributed by atoms with Crippen LogP contribution in [-0.2, 0) is 14.9 Å². The summed E-state index contributed by atoms with van der Waals surface area (Å²) in [5.41, 5.74) is -5.10. The molecule has 0 bridgehead atoms. The van der Waals surface area contributed by atoms with Crippen LogP contribution >= 0.6 is 0 Å². The lowest BCUT2D eigenvalue weighted by Gasteiger charge is -2.22. The summed E-state index contributed by atoms with van der Waals surface area (Å²) in [6, 6.07) is 5.68. The van der Waals surface area contributed by atoms with Crippen LogP contribution in [0.25, 0.3) is 10.9 Å². The largest absolute Gasteiger partial charge is 0.534 e. The molecule has 1 aliphatic rings. The number of hydrogen-bond acceptors (Lipinski definition) is 7. The lowest BCUT2D eigenvalue weighted by molar-refractivity contribution is -0.0501. The van der Waals surface area contributed by atoms with Gasteiger partial charge in [-0.2, -0.15) is 21.6 Å². The fraction of sp³-hybridized carbons (Fsp3) is 0.375. The summed E-state index contributed by atoms with van der Waals surface area (Å²) in [5.74, 6) is -1.26. The molecule has 1 saturated carbocycles. The Kier molecular flexibility index (Phi) is 4.66. The molecular weight excluding hydrogens is 389 g/mol. The van der Waals surface area contributed by atoms with Gasteiger partial charge in [0.05, 0.1) is 18.2 Å². The lowest BCUT2D eigenvalue weighted by Crippen LogP contribution is -2.29. The Morgan fingerprint density at radius 2 is 1.93 bits per heavy atom. The number of halogens is 3. The van der Waals surface area contributed by atoms with E-state index in [1.807, 2.05) is 0 Å². The van der Waals surface area contributed by atoms with Crippen LogP contribution in [0.4, 0.5) is 18.9 Å². The Labute approximate surface area is 152 Å². The standard InChI is InChI=1S/C16H15F3N2O5S/c1-21(11-4-5-11)13-8-10-7-9(15(22)25-2)3-6-12(10)20-14(13)26-27(23,24)16(17,18)19/h3,6-8,11H,4-5H2,1-2H3. The first-order valence-corrected chi connectivity index (χ1v) is 9.21. The van der Waals surface area contributed by atoms with Gasteiger partial charge in [-0.1, -0.05) is 0 Å². The Morgan fingerprint density at radius 1 is 1.26 bits per heavy atom. The zero-order valence-electron chi connectivity index (χ0n) is 14.3. The quantitative estimate of drug-likeness (QED) is 0.430. The summed E-state index contributed by atoms with van der Waals surface area (Å²) in [5, 5.41) is 0.428. The highest BCUT2D eigenvalue weighted by Gasteiger charge is 2.49. The Hall–Kier alpha value is -2.56. The topological polar surface area (TPSA) is 85.8 Å². The third kappa shape index (κ3) is 3.77. The highest BCUT2D eigenvalue weighted by atomic mass is 32.2. The summed E-state index contributed by atoms with van der Waals surface area (Å²) in [4.78, 5) is 17.2. The lowest BCUT2D eigenvalue weighted by atomic mass is 10.1. The van der Waals surface area contributed by atoms with Crippen molar-refractivity contribution in [2.75, 3.05) is 19.1 Å². The number of ether oxygens (including phenoxy) is 1. The van der Waals surface area contributed by atoms with Crippen molar-refractivity contribution in [2.24, 2.45) is 0 Å². The van der Waals surface area contributed by atoms with Gasteiger partial charge in [-0.3, -0.25) is 0 Å². The van der Waals surface area contributed by atoms with Gasteiger partial charge in [0.15, 0.2) is 0 Å². The molecule has 1 aromatic heterocycles. The van der Waals surface area contributed by atoms with Crippen molar-refractivity contribution < 1.29 is 35.3 Å². The first kappa shape index (κ1) is 19.2. The highest BCUT2D eigenvalue weighted by molar-refractivity contribution is 7.88. The van der Waals surface area contributed by atoms with Crippen LogP contribution in [0.1, 0.15) is 23.2 Å². The SMILES string of the molecule is COC(=O)c1ccc2nc(OS(=O)(=O)C(F)(F)F)c(N(C)C3CC3)cc2c1. The van der Waals surface area contributed by atoms with Gasteiger partial charge in [-0.05, 0) is 37.1 Å². The van der Waals surface area contributed by atoms with Crippen molar-refractivity contribution in [3.63, 3.8) is 0 Å². The minimum Gasteiger partial charge on any atom is -0.465 e. The maximum absolute atomic E-state index is 12.7. The molecule has 3 rings (SSSR count). The second-order valence-corrected chi connectivity index (χ2v) is 7.57. The molecule has 1 aliphatic carbocycles. The molecule has 0 amide bonds. The van der Waals surface area contributed by atoms with Crippen LogP contribution in [0.15, 0.2) is 24.3 Å². The molecule has 2 aromatic rings. The van der Waals surface area contributed by atoms with Crippen LogP contribution in [0.5, 0.6) is 5.88 Å². The van der Waals surface area contributed by atoms with Gasteiger partial charge < -0.3 is 13.8 Å². The summed E-state index contributed by atoms with van der Waals surface area (Å²) in [7, 11) is -3.04. The van der Waals surface area contributed by atoms with E-state index in [9.17, 15) is 26.4 Å². The molecule has 146 valence electrons. The van der Waals surface area contributed by atoms with E-state index in [2.05, 4.69) is 13.9 Å². The minimum absolute atomic E-state index is 0.0454. The van der Waals surface area contributed by atoms with Crippen LogP contribution in [-0.4, -0.2) is 45.1 Å². The first-order chi connectivity index (χ1) is 12.5. The molecular formula is C16H15F3N2O5S. The molecule has 1 fully saturated rings. The monoisotopic (exact) mass is 404 g/mol. The van der Waals surface area contributed by atoms with Crippen molar-refractivity contribution in [2.45, 2.75) is 24.4 Å². The van der Waals surface area contributed by atoms with Gasteiger partial charge >= 0.3 is 21.6 Å². The van der Waals surface area contributed by atoms with Gasteiger partial charge in [0.1, 0.15) is 5.69 Å². The predicted molar refractivity (Wildman–Crippen MR) is 90.1 cm³/mol. The molecule has 27 heavy (non-hydrogen) atoms. The van der Waals surface area contributed by atoms with Crippen molar-refractivity contribution in [3.8, 4) is 5.88 Å². The average molecular weight is 404 g/mol. The van der Waals surface area contributed by atoms with Crippen LogP contribution in [0, 0.1) is 0 Å². The number of hydrogen-bond donors (Lipinski definition) is 0. The van der Waals surface area contributed by atoms with Crippen molar-refractivity contribution in [1.29, 1.82) is 0 Å². The molecule has 1 heterocycles. The van der Waals surface area contributed by atoms with Crippen LogP contribution in [0.2, 0.25) is 0 Å². The molecule has 0 unspecified atom stereocenters. The average Bonchev–Trinajstić information content (AvgIpc) is 3.43. The summed E-state index contributed by atoms with van der Waals surface area (Å²) >= 11 is 0. The Bertz CT molecular complexity index is 1000. The molecule has 0 N–H and O–H groups in total. The molecule has 0 spiro atoms. The summed E-state index contributed by atoms with van der Waals surface area (Å²) in [6.45, 7) is 0. The third-order valence-corrected chi connectivity index (χ3v) is 5.07. The number of fused-ring (bicyclic) bond motifs is 1. The number of aromatic nitrogens is 1. The molecule has 0 aliphatic heterocycles. The van der Waals surface area contributed by atoms with Crippen LogP contribution < -0.4 is 9.08 Å². The van der Waals surface area contributed by atoms with E-state index in [-0.39, 0.29) is 22.8 Å². The number of anilines is 1. The highest BCUT2D eigenvalue weighted by Crippen LogP contribution is 2.39. The number of benzene rings is 1. The van der Waals surface area contributed by atoms with Gasteiger partial charge in [0.2, 0.25) is 0 Å². The zero-order chi connectivity index (χ0) is 20.0. The fourth-order valence-electron chi connectivity index (χ4n) is 2.52. The molecule has 7 nitrogen and oxygen atoms in total. The van der Waals surface area contributed by atoms with E-state index in [0.29, 0.717) is 5.39 Å². The molecule has 11 heteroatoms. The maximum atomic E-state index is 12.7. The van der Waals surface area contributed by atoms with Gasteiger partial charge in [0, 0.05) is 18.5 Å².